The molecule has 0 radical (unpaired) electrons. The van der Waals surface area contributed by atoms with E-state index in [-0.39, 0.29) is 62.5 Å². The van der Waals surface area contributed by atoms with Gasteiger partial charge in [-0.15, -0.1) is 0 Å². The fourth-order valence-corrected chi connectivity index (χ4v) is 9.81. The molecule has 0 aliphatic rings. The van der Waals surface area contributed by atoms with Gasteiger partial charge in [-0.1, -0.05) is 103 Å². The molecule has 0 saturated heterocycles. The highest BCUT2D eigenvalue weighted by Crippen LogP contribution is 2.45. The molecule has 0 aliphatic carbocycles. The largest absolute Gasteiger partial charge is 0.456 e. The van der Waals surface area contributed by atoms with Crippen molar-refractivity contribution in [1.29, 1.82) is 0 Å². The van der Waals surface area contributed by atoms with Crippen LogP contribution in [0.3, 0.4) is 0 Å². The van der Waals surface area contributed by atoms with E-state index in [1.54, 1.807) is 10.6 Å². The van der Waals surface area contributed by atoms with E-state index in [0.717, 1.165) is 16.3 Å². The van der Waals surface area contributed by atoms with Crippen LogP contribution in [-0.4, -0.2) is 19.5 Å². The summed E-state index contributed by atoms with van der Waals surface area (Å²) in [6, 6.07) is 47.4. The fourth-order valence-electron chi connectivity index (χ4n) is 9.81. The Morgan fingerprint density at radius 2 is 0.679 bits per heavy atom. The van der Waals surface area contributed by atoms with E-state index in [1.807, 2.05) is 115 Å². The number of furan rings is 1. The Bertz CT molecular complexity index is 4070. The number of aromatic nitrogens is 4. The summed E-state index contributed by atoms with van der Waals surface area (Å²) in [7, 11) is 0. The SMILES string of the molecule is FC(F)(F)c1cc(-c2ccc3c(c2)c2cc(-c4cc(C(F)(F)F)cc(C(F)(F)F)c4)ccc2n3-c2ccc(-c3ccc4oc5ccccc5c4c3)cc2-c2nc(-c3ccccc3)nc(-c3ccccc3)n2)cc(C(F)(F)F)c1. The molecule has 3 heterocycles. The quantitative estimate of drug-likeness (QED) is 0.149. The summed E-state index contributed by atoms with van der Waals surface area (Å²) in [5.41, 5.74) is -2.14. The van der Waals surface area contributed by atoms with E-state index in [9.17, 15) is 52.7 Å². The number of alkyl halides is 12. The van der Waals surface area contributed by atoms with Crippen LogP contribution in [0.25, 0.3) is 117 Å². The van der Waals surface area contributed by atoms with Gasteiger partial charge in [-0.25, -0.2) is 15.0 Å². The number of benzene rings is 9. The topological polar surface area (TPSA) is 56.7 Å². The second-order valence-electron chi connectivity index (χ2n) is 18.5. The summed E-state index contributed by atoms with van der Waals surface area (Å²) in [4.78, 5) is 15.0. The van der Waals surface area contributed by atoms with Crippen molar-refractivity contribution in [1.82, 2.24) is 19.5 Å². The molecular weight excluding hydrogens is 1030 g/mol. The van der Waals surface area contributed by atoms with Crippen molar-refractivity contribution in [3.63, 3.8) is 0 Å². The third-order valence-electron chi connectivity index (χ3n) is 13.5. The molecule has 0 N–H and O–H groups in total. The molecule has 78 heavy (non-hydrogen) atoms. The van der Waals surface area contributed by atoms with Crippen LogP contribution in [0.5, 0.6) is 0 Å². The zero-order chi connectivity index (χ0) is 54.5. The molecule has 0 spiro atoms. The summed E-state index contributed by atoms with van der Waals surface area (Å²) in [5.74, 6) is 0.736. The van der Waals surface area contributed by atoms with Crippen LogP contribution < -0.4 is 0 Å². The van der Waals surface area contributed by atoms with Gasteiger partial charge < -0.3 is 8.98 Å². The molecule has 0 saturated carbocycles. The summed E-state index contributed by atoms with van der Waals surface area (Å²) in [5, 5.41) is 2.02. The van der Waals surface area contributed by atoms with Gasteiger partial charge in [0, 0.05) is 38.2 Å². The van der Waals surface area contributed by atoms with Crippen molar-refractivity contribution in [3.05, 3.63) is 216 Å². The normalized spacial score (nSPS) is 12.6. The minimum atomic E-state index is -5.19. The van der Waals surface area contributed by atoms with Crippen LogP contribution in [-0.2, 0) is 24.7 Å². The Kier molecular flexibility index (Phi) is 11.6. The maximum absolute atomic E-state index is 14.3. The van der Waals surface area contributed by atoms with Gasteiger partial charge in [0.25, 0.3) is 0 Å². The number of para-hydroxylation sites is 1. The Labute approximate surface area is 433 Å². The monoisotopic (exact) mass is 1060 g/mol. The number of fused-ring (bicyclic) bond motifs is 6. The first kappa shape index (κ1) is 49.6. The third-order valence-corrected chi connectivity index (χ3v) is 13.5. The molecule has 5 nitrogen and oxygen atoms in total. The first-order valence-corrected chi connectivity index (χ1v) is 23.8. The molecule has 0 fully saturated rings. The smallest absolute Gasteiger partial charge is 0.416 e. The molecule has 0 bridgehead atoms. The average molecular weight is 1060 g/mol. The Morgan fingerprint density at radius 3 is 1.17 bits per heavy atom. The minimum Gasteiger partial charge on any atom is -0.456 e. The van der Waals surface area contributed by atoms with Crippen LogP contribution in [0.4, 0.5) is 52.7 Å². The number of rotatable bonds is 7. The van der Waals surface area contributed by atoms with Gasteiger partial charge in [-0.2, -0.15) is 52.7 Å². The fraction of sp³-hybridized carbons (Fsp3) is 0.0656. The molecule has 3 aromatic heterocycles. The number of hydrogen-bond donors (Lipinski definition) is 0. The lowest BCUT2D eigenvalue weighted by molar-refractivity contribution is -0.144. The van der Waals surface area contributed by atoms with Crippen LogP contribution in [0.2, 0.25) is 0 Å². The van der Waals surface area contributed by atoms with Crippen molar-refractivity contribution in [2.24, 2.45) is 0 Å². The Balaban J connectivity index is 1.16. The molecule has 17 heteroatoms. The molecule has 0 aliphatic heterocycles. The lowest BCUT2D eigenvalue weighted by atomic mass is 9.96. The number of halogens is 12. The van der Waals surface area contributed by atoms with Crippen LogP contribution in [0.1, 0.15) is 22.3 Å². The van der Waals surface area contributed by atoms with E-state index in [4.69, 9.17) is 19.4 Å². The van der Waals surface area contributed by atoms with E-state index >= 15 is 0 Å². The maximum atomic E-state index is 14.3. The molecule has 0 atom stereocenters. The maximum Gasteiger partial charge on any atom is 0.416 e. The van der Waals surface area contributed by atoms with Crippen molar-refractivity contribution in [2.45, 2.75) is 24.7 Å². The average Bonchev–Trinajstić information content (AvgIpc) is 4.13. The number of hydrogen-bond acceptors (Lipinski definition) is 4. The highest BCUT2D eigenvalue weighted by atomic mass is 19.4. The van der Waals surface area contributed by atoms with Crippen molar-refractivity contribution in [2.75, 3.05) is 0 Å². The molecule has 0 amide bonds. The third kappa shape index (κ3) is 9.13. The summed E-state index contributed by atoms with van der Waals surface area (Å²) in [6.45, 7) is 0. The standard InChI is InChI=1S/C61H32F12N4O/c62-58(63,64)41-23-39(24-42(31-41)59(65,66)67)37-16-19-50-46(27-37)47-28-38(40-25-43(60(68,69)70)32-44(26-40)61(71,72)73)17-20-51(47)77(50)52-21-15-35(36-18-22-54-48(29-36)45-13-7-8-14-53(45)78-54)30-49(52)57-75-55(33-9-3-1-4-10-33)74-56(76-57)34-11-5-2-6-12-34/h1-32H. The van der Waals surface area contributed by atoms with E-state index < -0.39 is 58.1 Å². The van der Waals surface area contributed by atoms with E-state index in [1.165, 1.54) is 36.4 Å². The molecule has 12 aromatic rings. The highest BCUT2D eigenvalue weighted by Gasteiger charge is 2.39. The van der Waals surface area contributed by atoms with Gasteiger partial charge >= 0.3 is 24.7 Å². The van der Waals surface area contributed by atoms with Gasteiger partial charge in [-0.3, -0.25) is 0 Å². The Hall–Kier alpha value is -9.25. The molecule has 0 unspecified atom stereocenters. The van der Waals surface area contributed by atoms with Gasteiger partial charge in [0.05, 0.1) is 39.0 Å². The second kappa shape index (κ2) is 18.2. The van der Waals surface area contributed by atoms with Crippen molar-refractivity contribution >= 4 is 43.7 Å². The van der Waals surface area contributed by atoms with Gasteiger partial charge in [-0.05, 0) is 124 Å². The van der Waals surface area contributed by atoms with Crippen molar-refractivity contribution < 1.29 is 57.1 Å². The molecular formula is C61H32F12N4O. The van der Waals surface area contributed by atoms with Gasteiger partial charge in [0.1, 0.15) is 11.2 Å². The predicted octanol–water partition coefficient (Wildman–Crippen LogP) is 18.9. The highest BCUT2D eigenvalue weighted by molar-refractivity contribution is 6.12. The summed E-state index contributed by atoms with van der Waals surface area (Å²) >= 11 is 0. The second-order valence-corrected chi connectivity index (χ2v) is 18.5. The molecule has 386 valence electrons. The van der Waals surface area contributed by atoms with Crippen LogP contribution in [0, 0.1) is 0 Å². The molecule has 9 aromatic carbocycles. The van der Waals surface area contributed by atoms with E-state index in [0.29, 0.717) is 63.4 Å². The van der Waals surface area contributed by atoms with Crippen molar-refractivity contribution in [3.8, 4) is 73.2 Å². The molecule has 12 rings (SSSR count). The number of nitrogens with zero attached hydrogens (tertiary/aromatic N) is 4. The first-order chi connectivity index (χ1) is 37.1. The summed E-state index contributed by atoms with van der Waals surface area (Å²) in [6.07, 6.45) is -20.8. The van der Waals surface area contributed by atoms with Gasteiger partial charge in [0.2, 0.25) is 0 Å². The first-order valence-electron chi connectivity index (χ1n) is 23.8. The van der Waals surface area contributed by atoms with Gasteiger partial charge in [0.15, 0.2) is 17.5 Å². The van der Waals surface area contributed by atoms with Crippen LogP contribution >= 0.6 is 0 Å². The lowest BCUT2D eigenvalue weighted by Gasteiger charge is -2.17. The predicted molar refractivity (Wildman–Crippen MR) is 274 cm³/mol. The Morgan fingerprint density at radius 1 is 0.295 bits per heavy atom. The zero-order valence-electron chi connectivity index (χ0n) is 39.7. The minimum absolute atomic E-state index is 0.00131. The van der Waals surface area contributed by atoms with Crippen LogP contribution in [0.15, 0.2) is 199 Å². The lowest BCUT2D eigenvalue weighted by Crippen LogP contribution is -2.11. The van der Waals surface area contributed by atoms with E-state index in [2.05, 4.69) is 0 Å². The zero-order valence-corrected chi connectivity index (χ0v) is 39.7. The summed E-state index contributed by atoms with van der Waals surface area (Å²) < 4.78 is 179.